The van der Waals surface area contributed by atoms with Gasteiger partial charge in [-0.15, -0.1) is 0 Å². The fraction of sp³-hybridized carbons (Fsp3) is 0.200. The van der Waals surface area contributed by atoms with Gasteiger partial charge in [-0.1, -0.05) is 67.8 Å². The first-order valence-electron chi connectivity index (χ1n) is 5.66. The Morgan fingerprint density at radius 1 is 1.11 bits per heavy atom. The highest BCUT2D eigenvalue weighted by Crippen LogP contribution is 2.37. The third-order valence-electron chi connectivity index (χ3n) is 2.82. The molecule has 0 amide bonds. The van der Waals surface area contributed by atoms with Crippen molar-refractivity contribution in [2.75, 3.05) is 7.11 Å². The second kappa shape index (κ2) is 5.89. The maximum atomic E-state index is 5.21. The fourth-order valence-electron chi connectivity index (χ4n) is 1.85. The van der Waals surface area contributed by atoms with Crippen LogP contribution in [-0.2, 0) is 0 Å². The lowest BCUT2D eigenvalue weighted by molar-refractivity contribution is 0.414. The molecule has 0 saturated carbocycles. The van der Waals surface area contributed by atoms with E-state index in [0.29, 0.717) is 0 Å². The molecule has 0 aliphatic rings. The Morgan fingerprint density at radius 2 is 1.89 bits per heavy atom. The van der Waals surface area contributed by atoms with E-state index in [1.165, 1.54) is 16.7 Å². The number of aryl methyl sites for hydroxylation is 1. The molecular weight excluding hydrogens is 356 g/mol. The van der Waals surface area contributed by atoms with Crippen molar-refractivity contribution in [3.63, 3.8) is 0 Å². The Morgan fingerprint density at radius 3 is 2.50 bits per heavy atom. The summed E-state index contributed by atoms with van der Waals surface area (Å²) in [7, 11) is 1.67. The summed E-state index contributed by atoms with van der Waals surface area (Å²) in [4.78, 5) is 0.178. The van der Waals surface area contributed by atoms with Crippen LogP contribution in [0.1, 0.15) is 21.5 Å². The van der Waals surface area contributed by atoms with E-state index in [4.69, 9.17) is 4.74 Å². The van der Waals surface area contributed by atoms with Crippen molar-refractivity contribution in [2.45, 2.75) is 11.8 Å². The minimum atomic E-state index is 0.178. The van der Waals surface area contributed by atoms with Crippen molar-refractivity contribution >= 4 is 31.9 Å². The molecule has 94 valence electrons. The molecular formula is C15H14Br2O. The number of halogens is 2. The maximum absolute atomic E-state index is 5.21. The van der Waals surface area contributed by atoms with Crippen molar-refractivity contribution in [1.82, 2.24) is 0 Å². The van der Waals surface area contributed by atoms with E-state index in [2.05, 4.69) is 69.1 Å². The van der Waals surface area contributed by atoms with E-state index in [0.717, 1.165) is 10.2 Å². The summed E-state index contributed by atoms with van der Waals surface area (Å²) in [5.74, 6) is 0.856. The largest absolute Gasteiger partial charge is 0.497 e. The van der Waals surface area contributed by atoms with Crippen LogP contribution in [-0.4, -0.2) is 7.11 Å². The van der Waals surface area contributed by atoms with Crippen LogP contribution in [0.25, 0.3) is 0 Å². The first kappa shape index (κ1) is 13.6. The topological polar surface area (TPSA) is 9.23 Å². The molecule has 0 aliphatic heterocycles. The van der Waals surface area contributed by atoms with Gasteiger partial charge < -0.3 is 4.74 Å². The predicted molar refractivity (Wildman–Crippen MR) is 82.6 cm³/mol. The smallest absolute Gasteiger partial charge is 0.120 e. The lowest BCUT2D eigenvalue weighted by Crippen LogP contribution is -1.95. The van der Waals surface area contributed by atoms with Crippen molar-refractivity contribution < 1.29 is 4.74 Å². The van der Waals surface area contributed by atoms with E-state index in [-0.39, 0.29) is 4.83 Å². The van der Waals surface area contributed by atoms with Crippen molar-refractivity contribution in [1.29, 1.82) is 0 Å². The Balaban J connectivity index is 2.37. The summed E-state index contributed by atoms with van der Waals surface area (Å²) in [6.07, 6.45) is 0. The first-order chi connectivity index (χ1) is 8.61. The average Bonchev–Trinajstić information content (AvgIpc) is 2.37. The Hall–Kier alpha value is -0.800. The number of methoxy groups -OCH3 is 1. The fourth-order valence-corrected chi connectivity index (χ4v) is 3.43. The summed E-state index contributed by atoms with van der Waals surface area (Å²) in [6.45, 7) is 2.10. The van der Waals surface area contributed by atoms with Gasteiger partial charge in [0.2, 0.25) is 0 Å². The van der Waals surface area contributed by atoms with Gasteiger partial charge >= 0.3 is 0 Å². The van der Waals surface area contributed by atoms with Crippen LogP contribution in [0.15, 0.2) is 46.9 Å². The molecule has 2 aromatic rings. The van der Waals surface area contributed by atoms with Gasteiger partial charge in [0.15, 0.2) is 0 Å². The molecule has 0 N–H and O–H groups in total. The zero-order chi connectivity index (χ0) is 13.1. The Kier molecular flexibility index (Phi) is 4.46. The molecule has 1 nitrogen and oxygen atoms in total. The second-order valence-corrected chi connectivity index (χ2v) is 5.93. The molecule has 0 heterocycles. The Labute approximate surface area is 124 Å². The van der Waals surface area contributed by atoms with E-state index in [1.54, 1.807) is 7.11 Å². The zero-order valence-corrected chi connectivity index (χ0v) is 13.5. The van der Waals surface area contributed by atoms with Gasteiger partial charge in [0.1, 0.15) is 5.75 Å². The highest BCUT2D eigenvalue weighted by molar-refractivity contribution is 9.11. The van der Waals surface area contributed by atoms with Crippen LogP contribution in [0.3, 0.4) is 0 Å². The Bertz CT molecular complexity index is 552. The van der Waals surface area contributed by atoms with Crippen LogP contribution in [0.2, 0.25) is 0 Å². The van der Waals surface area contributed by atoms with Crippen LogP contribution >= 0.6 is 31.9 Å². The van der Waals surface area contributed by atoms with Gasteiger partial charge in [-0.05, 0) is 30.2 Å². The molecule has 0 spiro atoms. The quantitative estimate of drug-likeness (QED) is 0.671. The van der Waals surface area contributed by atoms with Gasteiger partial charge in [0.25, 0.3) is 0 Å². The molecule has 1 atom stereocenters. The third-order valence-corrected chi connectivity index (χ3v) is 4.52. The molecule has 0 aliphatic carbocycles. The lowest BCUT2D eigenvalue weighted by atomic mass is 10.0. The van der Waals surface area contributed by atoms with Gasteiger partial charge in [0.05, 0.1) is 11.9 Å². The number of hydrogen-bond donors (Lipinski definition) is 0. The van der Waals surface area contributed by atoms with E-state index in [9.17, 15) is 0 Å². The number of rotatable bonds is 3. The number of ether oxygens (including phenoxy) is 1. The highest BCUT2D eigenvalue weighted by atomic mass is 79.9. The molecule has 18 heavy (non-hydrogen) atoms. The number of benzene rings is 2. The number of alkyl halides is 1. The van der Waals surface area contributed by atoms with Gasteiger partial charge in [-0.3, -0.25) is 0 Å². The minimum Gasteiger partial charge on any atom is -0.497 e. The number of hydrogen-bond acceptors (Lipinski definition) is 1. The normalized spacial score (nSPS) is 12.2. The SMILES string of the molecule is COc1ccc(C(Br)c2cccc(C)c2)c(Br)c1. The zero-order valence-electron chi connectivity index (χ0n) is 10.3. The monoisotopic (exact) mass is 368 g/mol. The molecule has 1 unspecified atom stereocenters. The molecule has 0 fully saturated rings. The van der Waals surface area contributed by atoms with Crippen LogP contribution in [0.4, 0.5) is 0 Å². The van der Waals surface area contributed by atoms with Gasteiger partial charge in [-0.2, -0.15) is 0 Å². The maximum Gasteiger partial charge on any atom is 0.120 e. The van der Waals surface area contributed by atoms with Crippen LogP contribution in [0, 0.1) is 6.92 Å². The van der Waals surface area contributed by atoms with E-state index in [1.807, 2.05) is 12.1 Å². The standard InChI is InChI=1S/C15H14Br2O/c1-10-4-3-5-11(8-10)15(17)13-7-6-12(18-2)9-14(13)16/h3-9,15H,1-2H3. The molecule has 0 saturated heterocycles. The second-order valence-electron chi connectivity index (χ2n) is 4.16. The van der Waals surface area contributed by atoms with E-state index >= 15 is 0 Å². The molecule has 0 bridgehead atoms. The molecule has 0 radical (unpaired) electrons. The lowest BCUT2D eigenvalue weighted by Gasteiger charge is -2.14. The summed E-state index contributed by atoms with van der Waals surface area (Å²) in [6, 6.07) is 14.5. The van der Waals surface area contributed by atoms with Gasteiger partial charge in [0, 0.05) is 4.47 Å². The third kappa shape index (κ3) is 2.96. The van der Waals surface area contributed by atoms with Gasteiger partial charge in [-0.25, -0.2) is 0 Å². The molecule has 2 rings (SSSR count). The summed E-state index contributed by atoms with van der Waals surface area (Å²) < 4.78 is 6.26. The highest BCUT2D eigenvalue weighted by Gasteiger charge is 2.14. The predicted octanol–water partition coefficient (Wildman–Crippen LogP) is 5.25. The summed E-state index contributed by atoms with van der Waals surface area (Å²) >= 11 is 7.35. The van der Waals surface area contributed by atoms with Crippen LogP contribution < -0.4 is 4.74 Å². The van der Waals surface area contributed by atoms with E-state index < -0.39 is 0 Å². The van der Waals surface area contributed by atoms with Crippen molar-refractivity contribution in [2.24, 2.45) is 0 Å². The van der Waals surface area contributed by atoms with Crippen molar-refractivity contribution in [3.05, 3.63) is 63.6 Å². The molecule has 0 aromatic heterocycles. The van der Waals surface area contributed by atoms with Crippen LogP contribution in [0.5, 0.6) is 5.75 Å². The average molecular weight is 370 g/mol. The molecule has 3 heteroatoms. The molecule has 2 aromatic carbocycles. The first-order valence-corrected chi connectivity index (χ1v) is 7.36. The minimum absolute atomic E-state index is 0.178. The van der Waals surface area contributed by atoms with Crippen molar-refractivity contribution in [3.8, 4) is 5.75 Å². The summed E-state index contributed by atoms with van der Waals surface area (Å²) in [5, 5.41) is 0. The summed E-state index contributed by atoms with van der Waals surface area (Å²) in [5.41, 5.74) is 3.71.